The minimum absolute atomic E-state index is 0.0649. The van der Waals surface area contributed by atoms with E-state index in [2.05, 4.69) is 15.4 Å². The second-order valence-corrected chi connectivity index (χ2v) is 10.4. The zero-order valence-electron chi connectivity index (χ0n) is 19.9. The number of amides is 1. The summed E-state index contributed by atoms with van der Waals surface area (Å²) in [7, 11) is 1.69. The number of carbonyl (C=O) groups excluding carboxylic acids is 1. The SMILES string of the molecule is Cn1nc(-c2cscn2)cc1C(=O)NCC(C)(O)c1cc(C(C)(C)N)cc(-c2ccc(Cl)cc2)n1. The standard InChI is InChI=1S/C25H27ClN6O2S/c1-24(2,27)16-9-18(15-5-7-17(26)8-6-15)30-22(10-16)25(3,34)13-28-23(33)21-11-19(31-32(21)4)20-12-35-14-29-20/h5-12,14,34H,13,27H2,1-4H3,(H,28,33). The summed E-state index contributed by atoms with van der Waals surface area (Å²) in [5.74, 6) is -0.366. The van der Waals surface area contributed by atoms with E-state index in [4.69, 9.17) is 22.3 Å². The molecule has 4 aromatic rings. The molecule has 0 aliphatic rings. The van der Waals surface area contributed by atoms with Crippen molar-refractivity contribution in [2.45, 2.75) is 31.9 Å². The Morgan fingerprint density at radius 2 is 1.86 bits per heavy atom. The van der Waals surface area contributed by atoms with Crippen LogP contribution in [0.5, 0.6) is 0 Å². The molecule has 1 amide bonds. The van der Waals surface area contributed by atoms with Gasteiger partial charge in [0.2, 0.25) is 0 Å². The molecule has 3 aromatic heterocycles. The van der Waals surface area contributed by atoms with Crippen molar-refractivity contribution in [2.75, 3.05) is 6.54 Å². The van der Waals surface area contributed by atoms with Gasteiger partial charge in [-0.25, -0.2) is 9.97 Å². The van der Waals surface area contributed by atoms with Gasteiger partial charge in [-0.2, -0.15) is 5.10 Å². The van der Waals surface area contributed by atoms with Gasteiger partial charge in [0.15, 0.2) is 0 Å². The maximum atomic E-state index is 12.9. The van der Waals surface area contributed by atoms with E-state index in [9.17, 15) is 9.90 Å². The Bertz CT molecular complexity index is 1340. The van der Waals surface area contributed by atoms with Crippen LogP contribution < -0.4 is 11.1 Å². The van der Waals surface area contributed by atoms with Crippen LogP contribution in [-0.2, 0) is 18.2 Å². The first-order chi connectivity index (χ1) is 16.4. The highest BCUT2D eigenvalue weighted by Crippen LogP contribution is 2.29. The van der Waals surface area contributed by atoms with Crippen molar-refractivity contribution in [1.29, 1.82) is 0 Å². The molecular weight excluding hydrogens is 484 g/mol. The fraction of sp³-hybridized carbons (Fsp3) is 0.280. The lowest BCUT2D eigenvalue weighted by molar-refractivity contribution is 0.0486. The zero-order valence-corrected chi connectivity index (χ0v) is 21.5. The van der Waals surface area contributed by atoms with Crippen LogP contribution in [0.25, 0.3) is 22.6 Å². The second kappa shape index (κ2) is 9.50. The molecule has 182 valence electrons. The van der Waals surface area contributed by atoms with Crippen molar-refractivity contribution in [2.24, 2.45) is 12.8 Å². The van der Waals surface area contributed by atoms with Gasteiger partial charge in [-0.15, -0.1) is 11.3 Å². The third-order valence-corrected chi connectivity index (χ3v) is 6.50. The van der Waals surface area contributed by atoms with Gasteiger partial charge < -0.3 is 16.2 Å². The molecule has 0 spiro atoms. The van der Waals surface area contributed by atoms with Crippen LogP contribution in [0, 0.1) is 0 Å². The topological polar surface area (TPSA) is 119 Å². The lowest BCUT2D eigenvalue weighted by Gasteiger charge is -2.27. The summed E-state index contributed by atoms with van der Waals surface area (Å²) in [6.07, 6.45) is 0. The third kappa shape index (κ3) is 5.59. The number of thiazole rings is 1. The average Bonchev–Trinajstić information content (AvgIpc) is 3.47. The predicted octanol–water partition coefficient (Wildman–Crippen LogP) is 4.09. The van der Waals surface area contributed by atoms with Crippen LogP contribution in [0.15, 0.2) is 53.4 Å². The number of nitrogens with zero attached hydrogens (tertiary/aromatic N) is 4. The fourth-order valence-corrected chi connectivity index (χ4v) is 4.20. The normalized spacial score (nSPS) is 13.5. The van der Waals surface area contributed by atoms with E-state index in [1.54, 1.807) is 43.7 Å². The van der Waals surface area contributed by atoms with E-state index < -0.39 is 11.1 Å². The molecule has 10 heteroatoms. The summed E-state index contributed by atoms with van der Waals surface area (Å²) in [5, 5.41) is 21.0. The van der Waals surface area contributed by atoms with Gasteiger partial charge in [0.1, 0.15) is 22.7 Å². The molecule has 0 aliphatic heterocycles. The Kier molecular flexibility index (Phi) is 6.79. The lowest BCUT2D eigenvalue weighted by Crippen LogP contribution is -2.40. The van der Waals surface area contributed by atoms with Gasteiger partial charge in [-0.3, -0.25) is 9.48 Å². The molecular formula is C25H27ClN6O2S. The van der Waals surface area contributed by atoms with Crippen molar-refractivity contribution in [1.82, 2.24) is 25.1 Å². The van der Waals surface area contributed by atoms with Crippen molar-refractivity contribution >= 4 is 28.8 Å². The Balaban J connectivity index is 1.60. The molecule has 4 rings (SSSR count). The highest BCUT2D eigenvalue weighted by atomic mass is 35.5. The summed E-state index contributed by atoms with van der Waals surface area (Å²) in [6, 6.07) is 12.6. The number of halogens is 1. The Hall–Kier alpha value is -3.11. The summed E-state index contributed by atoms with van der Waals surface area (Å²) >= 11 is 7.50. The van der Waals surface area contributed by atoms with Gasteiger partial charge in [0, 0.05) is 28.6 Å². The van der Waals surface area contributed by atoms with Crippen molar-refractivity contribution < 1.29 is 9.90 Å². The molecule has 4 N–H and O–H groups in total. The number of nitrogens with one attached hydrogen (secondary N) is 1. The number of nitrogens with two attached hydrogens (primary N) is 1. The minimum Gasteiger partial charge on any atom is -0.382 e. The van der Waals surface area contributed by atoms with Gasteiger partial charge in [0.25, 0.3) is 5.91 Å². The summed E-state index contributed by atoms with van der Waals surface area (Å²) < 4.78 is 1.49. The number of hydrogen-bond donors (Lipinski definition) is 3. The molecule has 0 fully saturated rings. The number of pyridine rings is 1. The Morgan fingerprint density at radius 1 is 1.14 bits per heavy atom. The number of benzene rings is 1. The van der Waals surface area contributed by atoms with Crippen LogP contribution in [0.3, 0.4) is 0 Å². The summed E-state index contributed by atoms with van der Waals surface area (Å²) in [5.41, 5.74) is 10.3. The van der Waals surface area contributed by atoms with Crippen LogP contribution in [0.2, 0.25) is 5.02 Å². The molecule has 0 saturated heterocycles. The number of hydrogen-bond acceptors (Lipinski definition) is 7. The first kappa shape index (κ1) is 25.0. The largest absolute Gasteiger partial charge is 0.382 e. The van der Waals surface area contributed by atoms with E-state index >= 15 is 0 Å². The molecule has 1 unspecified atom stereocenters. The summed E-state index contributed by atoms with van der Waals surface area (Å²) in [6.45, 7) is 5.32. The third-order valence-electron chi connectivity index (χ3n) is 5.66. The molecule has 0 saturated carbocycles. The highest BCUT2D eigenvalue weighted by molar-refractivity contribution is 7.07. The average molecular weight is 511 g/mol. The quantitative estimate of drug-likeness (QED) is 0.344. The number of aromatic nitrogens is 4. The lowest BCUT2D eigenvalue weighted by atomic mass is 9.90. The highest BCUT2D eigenvalue weighted by Gasteiger charge is 2.29. The van der Waals surface area contributed by atoms with Crippen molar-refractivity contribution in [3.63, 3.8) is 0 Å². The molecule has 0 aliphatic carbocycles. The number of rotatable bonds is 7. The molecule has 1 aromatic carbocycles. The van der Waals surface area contributed by atoms with Crippen LogP contribution >= 0.6 is 22.9 Å². The molecule has 3 heterocycles. The molecule has 1 atom stereocenters. The maximum Gasteiger partial charge on any atom is 0.269 e. The Labute approximate surface area is 212 Å². The van der Waals surface area contributed by atoms with Gasteiger partial charge in [-0.1, -0.05) is 23.7 Å². The van der Waals surface area contributed by atoms with E-state index in [0.29, 0.717) is 33.5 Å². The van der Waals surface area contributed by atoms with Crippen LogP contribution in [0.1, 0.15) is 42.5 Å². The van der Waals surface area contributed by atoms with Gasteiger partial charge in [0.05, 0.1) is 23.4 Å². The fourth-order valence-electron chi connectivity index (χ4n) is 3.52. The van der Waals surface area contributed by atoms with E-state index in [0.717, 1.165) is 11.1 Å². The number of aryl methyl sites for hydroxylation is 1. The van der Waals surface area contributed by atoms with Gasteiger partial charge in [-0.05, 0) is 56.7 Å². The minimum atomic E-state index is -1.46. The number of carbonyl (C=O) groups is 1. The van der Waals surface area contributed by atoms with E-state index in [1.807, 2.05) is 37.4 Å². The van der Waals surface area contributed by atoms with E-state index in [1.165, 1.54) is 16.0 Å². The smallest absolute Gasteiger partial charge is 0.269 e. The molecule has 35 heavy (non-hydrogen) atoms. The van der Waals surface area contributed by atoms with Crippen LogP contribution in [-0.4, -0.2) is 37.3 Å². The van der Waals surface area contributed by atoms with Gasteiger partial charge >= 0.3 is 0 Å². The molecule has 0 radical (unpaired) electrons. The first-order valence-electron chi connectivity index (χ1n) is 10.9. The summed E-state index contributed by atoms with van der Waals surface area (Å²) in [4.78, 5) is 21.9. The Morgan fingerprint density at radius 3 is 2.49 bits per heavy atom. The molecule has 8 nitrogen and oxygen atoms in total. The second-order valence-electron chi connectivity index (χ2n) is 9.22. The zero-order chi connectivity index (χ0) is 25.4. The van der Waals surface area contributed by atoms with Crippen molar-refractivity contribution in [3.8, 4) is 22.6 Å². The number of aliphatic hydroxyl groups is 1. The maximum absolute atomic E-state index is 12.9. The predicted molar refractivity (Wildman–Crippen MR) is 138 cm³/mol. The molecule has 0 bridgehead atoms. The monoisotopic (exact) mass is 510 g/mol. The van der Waals surface area contributed by atoms with Crippen LogP contribution in [0.4, 0.5) is 0 Å². The first-order valence-corrected chi connectivity index (χ1v) is 12.3. The van der Waals surface area contributed by atoms with E-state index in [-0.39, 0.29) is 12.5 Å². The van der Waals surface area contributed by atoms with Crippen molar-refractivity contribution in [3.05, 3.63) is 75.3 Å².